The van der Waals surface area contributed by atoms with Gasteiger partial charge in [-0.15, -0.1) is 0 Å². The summed E-state index contributed by atoms with van der Waals surface area (Å²) >= 11 is 3.44. The molecule has 0 bridgehead atoms. The fraction of sp³-hybridized carbons (Fsp3) is 0.238. The van der Waals surface area contributed by atoms with Crippen molar-refractivity contribution in [2.24, 2.45) is 0 Å². The number of aromatic nitrogens is 2. The lowest BCUT2D eigenvalue weighted by Crippen LogP contribution is -2.31. The molecule has 0 spiro atoms. The molecule has 5 nitrogen and oxygen atoms in total. The van der Waals surface area contributed by atoms with Crippen LogP contribution in [0.15, 0.2) is 53.0 Å². The van der Waals surface area contributed by atoms with E-state index in [4.69, 9.17) is 4.74 Å². The Morgan fingerprint density at radius 2 is 2.04 bits per heavy atom. The summed E-state index contributed by atoms with van der Waals surface area (Å²) in [5.41, 5.74) is 3.58. The molecule has 2 heterocycles. The van der Waals surface area contributed by atoms with Crippen molar-refractivity contribution in [1.82, 2.24) is 15.1 Å². The lowest BCUT2D eigenvalue weighted by atomic mass is 9.96. The van der Waals surface area contributed by atoms with Crippen molar-refractivity contribution >= 4 is 21.8 Å². The molecule has 1 aliphatic heterocycles. The van der Waals surface area contributed by atoms with Crippen molar-refractivity contribution in [3.05, 3.63) is 75.6 Å². The first kappa shape index (κ1) is 18.8. The topological polar surface area (TPSA) is 58.2 Å². The van der Waals surface area contributed by atoms with Crippen LogP contribution in [0.4, 0.5) is 4.39 Å². The van der Waals surface area contributed by atoms with Gasteiger partial charge in [0.2, 0.25) is 0 Å². The van der Waals surface area contributed by atoms with Gasteiger partial charge in [-0.05, 0) is 36.2 Å². The third kappa shape index (κ3) is 3.36. The summed E-state index contributed by atoms with van der Waals surface area (Å²) < 4.78 is 20.1. The van der Waals surface area contributed by atoms with E-state index in [1.54, 1.807) is 18.1 Å². The standard InChI is InChI=1S/C21H19BrFN3O2/c1-28-11-3-10-26-20(14-4-2-5-16(23)12-14)17-18(24-25-19(17)21(26)27)13-6-8-15(22)9-7-13/h2,4-9,12,20H,3,10-11H2,1H3,(H,24,25). The number of halogens is 2. The number of rotatable bonds is 6. The maximum absolute atomic E-state index is 14.0. The van der Waals surface area contributed by atoms with Crippen LogP contribution < -0.4 is 0 Å². The number of fused-ring (bicyclic) bond motifs is 1. The predicted molar refractivity (Wildman–Crippen MR) is 107 cm³/mol. The number of benzene rings is 2. The number of amides is 1. The van der Waals surface area contributed by atoms with Crippen LogP contribution in [-0.4, -0.2) is 41.3 Å². The molecule has 0 radical (unpaired) electrons. The summed E-state index contributed by atoms with van der Waals surface area (Å²) in [5.74, 6) is -0.458. The molecule has 0 fully saturated rings. The Labute approximate surface area is 170 Å². The largest absolute Gasteiger partial charge is 0.385 e. The number of nitrogens with one attached hydrogen (secondary N) is 1. The maximum atomic E-state index is 14.0. The third-order valence-electron chi connectivity index (χ3n) is 4.89. The predicted octanol–water partition coefficient (Wildman–Crippen LogP) is 4.56. The molecule has 1 N–H and O–H groups in total. The van der Waals surface area contributed by atoms with E-state index in [1.165, 1.54) is 12.1 Å². The van der Waals surface area contributed by atoms with Gasteiger partial charge in [0.15, 0.2) is 0 Å². The molecule has 7 heteroatoms. The van der Waals surface area contributed by atoms with Crippen LogP contribution in [0, 0.1) is 5.82 Å². The SMILES string of the molecule is COCCCN1C(=O)c2[nH]nc(-c3ccc(Br)cc3)c2C1c1cccc(F)c1. The average Bonchev–Trinajstić information content (AvgIpc) is 3.22. The maximum Gasteiger partial charge on any atom is 0.273 e. The summed E-state index contributed by atoms with van der Waals surface area (Å²) in [6.07, 6.45) is 0.694. The second kappa shape index (κ2) is 7.85. The van der Waals surface area contributed by atoms with Gasteiger partial charge in [0.05, 0.1) is 11.7 Å². The molecule has 1 aromatic heterocycles. The van der Waals surface area contributed by atoms with Crippen molar-refractivity contribution in [2.75, 3.05) is 20.3 Å². The minimum atomic E-state index is -0.396. The minimum Gasteiger partial charge on any atom is -0.385 e. The smallest absolute Gasteiger partial charge is 0.273 e. The fourth-order valence-corrected chi connectivity index (χ4v) is 3.92. The molecule has 1 amide bonds. The van der Waals surface area contributed by atoms with E-state index in [1.807, 2.05) is 30.3 Å². The van der Waals surface area contributed by atoms with Crippen LogP contribution in [0.25, 0.3) is 11.3 Å². The molecule has 1 aliphatic rings. The van der Waals surface area contributed by atoms with Crippen molar-refractivity contribution in [2.45, 2.75) is 12.5 Å². The molecule has 4 rings (SSSR count). The Morgan fingerprint density at radius 3 is 2.75 bits per heavy atom. The Balaban J connectivity index is 1.82. The molecule has 144 valence electrons. The first-order chi connectivity index (χ1) is 13.6. The van der Waals surface area contributed by atoms with Gasteiger partial charge in [-0.2, -0.15) is 5.10 Å². The van der Waals surface area contributed by atoms with Gasteiger partial charge < -0.3 is 9.64 Å². The van der Waals surface area contributed by atoms with E-state index < -0.39 is 6.04 Å². The average molecular weight is 444 g/mol. The van der Waals surface area contributed by atoms with Crippen LogP contribution in [-0.2, 0) is 4.74 Å². The summed E-state index contributed by atoms with van der Waals surface area (Å²) in [4.78, 5) is 14.8. The molecule has 1 unspecified atom stereocenters. The van der Waals surface area contributed by atoms with Gasteiger partial charge in [-0.3, -0.25) is 9.89 Å². The zero-order chi connectivity index (χ0) is 19.7. The Bertz CT molecular complexity index is 1000. The Hall–Kier alpha value is -2.51. The van der Waals surface area contributed by atoms with Crippen LogP contribution in [0.2, 0.25) is 0 Å². The number of carbonyl (C=O) groups is 1. The molecular weight excluding hydrogens is 425 g/mol. The summed E-state index contributed by atoms with van der Waals surface area (Å²) in [7, 11) is 1.63. The third-order valence-corrected chi connectivity index (χ3v) is 5.42. The van der Waals surface area contributed by atoms with Gasteiger partial charge in [-0.1, -0.05) is 40.2 Å². The van der Waals surface area contributed by atoms with Crippen molar-refractivity contribution < 1.29 is 13.9 Å². The lowest BCUT2D eigenvalue weighted by molar-refractivity contribution is 0.0723. The minimum absolute atomic E-state index is 0.128. The second-order valence-corrected chi connectivity index (χ2v) is 7.59. The molecular formula is C21H19BrFN3O2. The van der Waals surface area contributed by atoms with E-state index in [0.29, 0.717) is 31.0 Å². The number of ether oxygens (including phenoxy) is 1. The lowest BCUT2D eigenvalue weighted by Gasteiger charge is -2.26. The first-order valence-corrected chi connectivity index (χ1v) is 9.79. The number of hydrogen-bond donors (Lipinski definition) is 1. The number of H-pyrrole nitrogens is 1. The zero-order valence-corrected chi connectivity index (χ0v) is 16.9. The van der Waals surface area contributed by atoms with Gasteiger partial charge in [0.1, 0.15) is 11.5 Å². The number of methoxy groups -OCH3 is 1. The highest BCUT2D eigenvalue weighted by Crippen LogP contribution is 2.43. The fourth-order valence-electron chi connectivity index (χ4n) is 3.66. The zero-order valence-electron chi connectivity index (χ0n) is 15.3. The normalized spacial score (nSPS) is 15.9. The highest BCUT2D eigenvalue weighted by molar-refractivity contribution is 9.10. The highest BCUT2D eigenvalue weighted by atomic mass is 79.9. The van der Waals surface area contributed by atoms with Crippen molar-refractivity contribution in [3.8, 4) is 11.3 Å². The van der Waals surface area contributed by atoms with Crippen LogP contribution >= 0.6 is 15.9 Å². The Morgan fingerprint density at radius 1 is 1.25 bits per heavy atom. The molecule has 0 saturated heterocycles. The summed E-state index contributed by atoms with van der Waals surface area (Å²) in [6, 6.07) is 13.8. The van der Waals surface area contributed by atoms with E-state index in [0.717, 1.165) is 21.2 Å². The quantitative estimate of drug-likeness (QED) is 0.568. The summed E-state index contributed by atoms with van der Waals surface area (Å²) in [6.45, 7) is 1.06. The number of hydrogen-bond acceptors (Lipinski definition) is 3. The van der Waals surface area contributed by atoms with Crippen LogP contribution in [0.3, 0.4) is 0 Å². The highest BCUT2D eigenvalue weighted by Gasteiger charge is 2.41. The molecule has 0 saturated carbocycles. The van der Waals surface area contributed by atoms with E-state index >= 15 is 0 Å². The van der Waals surface area contributed by atoms with E-state index in [2.05, 4.69) is 26.1 Å². The molecule has 0 aliphatic carbocycles. The Kier molecular flexibility index (Phi) is 5.28. The number of carbonyl (C=O) groups excluding carboxylic acids is 1. The number of nitrogens with zero attached hydrogens (tertiary/aromatic N) is 2. The van der Waals surface area contributed by atoms with Gasteiger partial charge in [0.25, 0.3) is 5.91 Å². The van der Waals surface area contributed by atoms with Crippen LogP contribution in [0.5, 0.6) is 0 Å². The van der Waals surface area contributed by atoms with Gasteiger partial charge in [-0.25, -0.2) is 4.39 Å². The van der Waals surface area contributed by atoms with Crippen molar-refractivity contribution in [3.63, 3.8) is 0 Å². The van der Waals surface area contributed by atoms with Gasteiger partial charge >= 0.3 is 0 Å². The van der Waals surface area contributed by atoms with Crippen LogP contribution in [0.1, 0.15) is 34.1 Å². The van der Waals surface area contributed by atoms with E-state index in [-0.39, 0.29) is 11.7 Å². The van der Waals surface area contributed by atoms with Crippen molar-refractivity contribution in [1.29, 1.82) is 0 Å². The monoisotopic (exact) mass is 443 g/mol. The molecule has 28 heavy (non-hydrogen) atoms. The second-order valence-electron chi connectivity index (χ2n) is 6.67. The molecule has 2 aromatic carbocycles. The molecule has 1 atom stereocenters. The van der Waals surface area contributed by atoms with E-state index in [9.17, 15) is 9.18 Å². The first-order valence-electron chi connectivity index (χ1n) is 8.99. The van der Waals surface area contributed by atoms with Gasteiger partial charge in [0, 0.05) is 35.9 Å². The number of aromatic amines is 1. The summed E-state index contributed by atoms with van der Waals surface area (Å²) in [5, 5.41) is 7.32. The molecule has 3 aromatic rings.